The molecule has 1 aliphatic rings. The molecule has 0 aliphatic heterocycles. The standard InChI is InChI=1S/C11H18O3/c1-7(12)11(4)6-5-8(9(13)14)10(11,2)3/h8H,5-6H2,1-4H3,(H,13,14)/p-1/t8-,11-/m1/s1. The van der Waals surface area contributed by atoms with Gasteiger partial charge >= 0.3 is 0 Å². The summed E-state index contributed by atoms with van der Waals surface area (Å²) in [5.41, 5.74) is -1.02. The van der Waals surface area contributed by atoms with E-state index in [0.29, 0.717) is 12.8 Å². The number of hydrogen-bond acceptors (Lipinski definition) is 3. The molecule has 0 saturated heterocycles. The number of carboxylic acid groups (broad SMARTS) is 1. The monoisotopic (exact) mass is 197 g/mol. The number of carbonyl (C=O) groups excluding carboxylic acids is 2. The molecule has 0 radical (unpaired) electrons. The first kappa shape index (κ1) is 11.2. The molecule has 0 amide bonds. The Morgan fingerprint density at radius 2 is 1.79 bits per heavy atom. The van der Waals surface area contributed by atoms with E-state index in [4.69, 9.17) is 0 Å². The number of carboxylic acids is 1. The minimum Gasteiger partial charge on any atom is -0.550 e. The van der Waals surface area contributed by atoms with E-state index in [9.17, 15) is 14.7 Å². The van der Waals surface area contributed by atoms with E-state index in [0.717, 1.165) is 0 Å². The Bertz CT molecular complexity index is 280. The van der Waals surface area contributed by atoms with Gasteiger partial charge in [-0.05, 0) is 25.2 Å². The molecule has 14 heavy (non-hydrogen) atoms. The van der Waals surface area contributed by atoms with Gasteiger partial charge in [0, 0.05) is 17.3 Å². The Hall–Kier alpha value is -0.860. The van der Waals surface area contributed by atoms with E-state index in [1.54, 1.807) is 6.92 Å². The number of aliphatic carboxylic acids is 1. The highest BCUT2D eigenvalue weighted by atomic mass is 16.4. The molecule has 0 N–H and O–H groups in total. The molecule has 2 atom stereocenters. The number of Topliss-reactive ketones (excluding diaryl/α,β-unsaturated/α-hetero) is 1. The van der Waals surface area contributed by atoms with Crippen molar-refractivity contribution in [2.75, 3.05) is 0 Å². The van der Waals surface area contributed by atoms with Gasteiger partial charge in [0.2, 0.25) is 0 Å². The SMILES string of the molecule is CC(=O)[C@@]1(C)CC[C@H](C(=O)[O-])C1(C)C. The molecule has 1 fully saturated rings. The lowest BCUT2D eigenvalue weighted by Gasteiger charge is -2.40. The number of ketones is 1. The summed E-state index contributed by atoms with van der Waals surface area (Å²) in [6.07, 6.45) is 1.19. The van der Waals surface area contributed by atoms with Crippen molar-refractivity contribution in [3.8, 4) is 0 Å². The van der Waals surface area contributed by atoms with Crippen molar-refractivity contribution in [3.05, 3.63) is 0 Å². The predicted molar refractivity (Wildman–Crippen MR) is 50.3 cm³/mol. The van der Waals surface area contributed by atoms with E-state index in [2.05, 4.69) is 0 Å². The lowest BCUT2D eigenvalue weighted by molar-refractivity contribution is -0.314. The van der Waals surface area contributed by atoms with E-state index in [1.165, 1.54) is 0 Å². The molecule has 3 heteroatoms. The third-order valence-corrected chi connectivity index (χ3v) is 4.29. The summed E-state index contributed by atoms with van der Waals surface area (Å²) in [4.78, 5) is 22.4. The third-order valence-electron chi connectivity index (χ3n) is 4.29. The number of rotatable bonds is 2. The summed E-state index contributed by atoms with van der Waals surface area (Å²) < 4.78 is 0. The molecule has 80 valence electrons. The van der Waals surface area contributed by atoms with Crippen LogP contribution in [-0.2, 0) is 9.59 Å². The summed E-state index contributed by atoms with van der Waals surface area (Å²) in [5.74, 6) is -1.46. The van der Waals surface area contributed by atoms with Crippen LogP contribution in [0.5, 0.6) is 0 Å². The van der Waals surface area contributed by atoms with Gasteiger partial charge in [-0.3, -0.25) is 4.79 Å². The molecular weight excluding hydrogens is 180 g/mol. The highest BCUT2D eigenvalue weighted by Gasteiger charge is 2.54. The summed E-state index contributed by atoms with van der Waals surface area (Å²) in [7, 11) is 0. The summed E-state index contributed by atoms with van der Waals surface area (Å²) in [6.45, 7) is 7.10. The highest BCUT2D eigenvalue weighted by Crippen LogP contribution is 2.56. The zero-order chi connectivity index (χ0) is 11.1. The first-order valence-corrected chi connectivity index (χ1v) is 4.95. The smallest absolute Gasteiger partial charge is 0.136 e. The second kappa shape index (κ2) is 3.07. The van der Waals surface area contributed by atoms with Crippen LogP contribution in [0.15, 0.2) is 0 Å². The van der Waals surface area contributed by atoms with Crippen LogP contribution in [0.2, 0.25) is 0 Å². The van der Waals surface area contributed by atoms with Crippen molar-refractivity contribution in [1.82, 2.24) is 0 Å². The first-order valence-electron chi connectivity index (χ1n) is 4.95. The summed E-state index contributed by atoms with van der Waals surface area (Å²) >= 11 is 0. The fourth-order valence-electron chi connectivity index (χ4n) is 2.54. The van der Waals surface area contributed by atoms with E-state index >= 15 is 0 Å². The fraction of sp³-hybridized carbons (Fsp3) is 0.818. The molecule has 0 aromatic carbocycles. The third kappa shape index (κ3) is 1.26. The maximum Gasteiger partial charge on any atom is 0.136 e. The molecule has 0 aromatic rings. The second-order valence-electron chi connectivity index (χ2n) is 5.02. The lowest BCUT2D eigenvalue weighted by Crippen LogP contribution is -2.45. The molecule has 0 heterocycles. The highest BCUT2D eigenvalue weighted by molar-refractivity contribution is 5.85. The van der Waals surface area contributed by atoms with Gasteiger partial charge < -0.3 is 9.90 Å². The molecule has 1 aliphatic carbocycles. The van der Waals surface area contributed by atoms with Crippen molar-refractivity contribution < 1.29 is 14.7 Å². The minimum absolute atomic E-state index is 0.0752. The van der Waals surface area contributed by atoms with Crippen molar-refractivity contribution in [2.45, 2.75) is 40.5 Å². The molecular formula is C11H17O3-. The zero-order valence-corrected chi connectivity index (χ0v) is 9.22. The topological polar surface area (TPSA) is 57.2 Å². The second-order valence-corrected chi connectivity index (χ2v) is 5.02. The largest absolute Gasteiger partial charge is 0.550 e. The molecule has 1 saturated carbocycles. The summed E-state index contributed by atoms with van der Waals surface area (Å²) in [5, 5.41) is 10.9. The van der Waals surface area contributed by atoms with E-state index in [-0.39, 0.29) is 5.78 Å². The van der Waals surface area contributed by atoms with Crippen molar-refractivity contribution in [2.24, 2.45) is 16.7 Å². The van der Waals surface area contributed by atoms with Crippen LogP contribution < -0.4 is 5.11 Å². The Morgan fingerprint density at radius 3 is 2.00 bits per heavy atom. The maximum absolute atomic E-state index is 11.5. The maximum atomic E-state index is 11.5. The minimum atomic E-state index is -1.03. The van der Waals surface area contributed by atoms with Crippen LogP contribution in [0.4, 0.5) is 0 Å². The molecule has 0 unspecified atom stereocenters. The summed E-state index contributed by atoms with van der Waals surface area (Å²) in [6, 6.07) is 0. The van der Waals surface area contributed by atoms with Gasteiger partial charge in [-0.1, -0.05) is 20.8 Å². The van der Waals surface area contributed by atoms with Gasteiger partial charge in [-0.15, -0.1) is 0 Å². The molecule has 1 rings (SSSR count). The van der Waals surface area contributed by atoms with Crippen LogP contribution in [0.3, 0.4) is 0 Å². The van der Waals surface area contributed by atoms with E-state index < -0.39 is 22.7 Å². The van der Waals surface area contributed by atoms with Crippen molar-refractivity contribution >= 4 is 11.8 Å². The van der Waals surface area contributed by atoms with Crippen LogP contribution in [-0.4, -0.2) is 11.8 Å². The lowest BCUT2D eigenvalue weighted by atomic mass is 9.64. The van der Waals surface area contributed by atoms with Crippen LogP contribution in [0.1, 0.15) is 40.5 Å². The Balaban J connectivity index is 3.08. The average molecular weight is 197 g/mol. The van der Waals surface area contributed by atoms with Gasteiger partial charge in [-0.2, -0.15) is 0 Å². The molecule has 3 nitrogen and oxygen atoms in total. The van der Waals surface area contributed by atoms with Gasteiger partial charge in [0.15, 0.2) is 0 Å². The van der Waals surface area contributed by atoms with Crippen LogP contribution in [0.25, 0.3) is 0 Å². The Morgan fingerprint density at radius 1 is 1.29 bits per heavy atom. The van der Waals surface area contributed by atoms with Gasteiger partial charge in [0.05, 0.1) is 0 Å². The van der Waals surface area contributed by atoms with Crippen LogP contribution >= 0.6 is 0 Å². The molecule has 0 bridgehead atoms. The number of carbonyl (C=O) groups is 2. The zero-order valence-electron chi connectivity index (χ0n) is 9.22. The normalized spacial score (nSPS) is 35.6. The van der Waals surface area contributed by atoms with Gasteiger partial charge in [0.1, 0.15) is 5.78 Å². The fourth-order valence-corrected chi connectivity index (χ4v) is 2.54. The first-order chi connectivity index (χ1) is 6.23. The number of hydrogen-bond donors (Lipinski definition) is 0. The Kier molecular flexibility index (Phi) is 2.46. The van der Waals surface area contributed by atoms with Crippen molar-refractivity contribution in [3.63, 3.8) is 0 Å². The Labute approximate surface area is 84.5 Å². The van der Waals surface area contributed by atoms with Crippen molar-refractivity contribution in [1.29, 1.82) is 0 Å². The van der Waals surface area contributed by atoms with Gasteiger partial charge in [-0.25, -0.2) is 0 Å². The average Bonchev–Trinajstić information content (AvgIpc) is 2.24. The molecule has 0 aromatic heterocycles. The van der Waals surface area contributed by atoms with E-state index in [1.807, 2.05) is 20.8 Å². The quantitative estimate of drug-likeness (QED) is 0.657. The van der Waals surface area contributed by atoms with Gasteiger partial charge in [0.25, 0.3) is 0 Å². The molecule has 0 spiro atoms. The van der Waals surface area contributed by atoms with Crippen LogP contribution in [0, 0.1) is 16.7 Å². The predicted octanol–water partition coefficient (Wildman–Crippen LogP) is 0.768.